The van der Waals surface area contributed by atoms with Crippen molar-refractivity contribution in [2.24, 2.45) is 23.2 Å². The zero-order chi connectivity index (χ0) is 21.7. The molecule has 1 aromatic heterocycles. The summed E-state index contributed by atoms with van der Waals surface area (Å²) >= 11 is 1.54. The zero-order valence-electron chi connectivity index (χ0n) is 19.0. The number of nitrogens with zero attached hydrogens (tertiary/aromatic N) is 3. The molecular formula is C26H34N4OS. The van der Waals surface area contributed by atoms with Crippen molar-refractivity contribution in [1.82, 2.24) is 20.1 Å². The number of carbonyl (C=O) groups excluding carboxylic acids is 1. The van der Waals surface area contributed by atoms with Gasteiger partial charge in [0.1, 0.15) is 5.82 Å². The smallest absolute Gasteiger partial charge is 0.230 e. The molecule has 5 saturated carbocycles. The topological polar surface area (TPSA) is 59.8 Å². The average Bonchev–Trinajstić information content (AvgIpc) is 3.54. The van der Waals surface area contributed by atoms with Crippen LogP contribution in [0, 0.1) is 23.2 Å². The number of aromatic nitrogens is 3. The zero-order valence-corrected chi connectivity index (χ0v) is 19.8. The number of amides is 1. The summed E-state index contributed by atoms with van der Waals surface area (Å²) in [7, 11) is 0. The third-order valence-corrected chi connectivity index (χ3v) is 9.55. The van der Waals surface area contributed by atoms with E-state index in [4.69, 9.17) is 0 Å². The van der Waals surface area contributed by atoms with E-state index in [2.05, 4.69) is 51.3 Å². The van der Waals surface area contributed by atoms with E-state index in [1.54, 1.807) is 0 Å². The van der Waals surface area contributed by atoms with Gasteiger partial charge in [-0.15, -0.1) is 10.2 Å². The van der Waals surface area contributed by atoms with Gasteiger partial charge in [0.05, 0.1) is 12.3 Å². The Labute approximate surface area is 195 Å². The molecule has 1 N–H and O–H groups in total. The molecule has 4 bridgehead atoms. The molecule has 5 nitrogen and oxygen atoms in total. The molecule has 170 valence electrons. The number of thioether (sulfide) groups is 1. The predicted octanol–water partition coefficient (Wildman–Crippen LogP) is 5.02. The summed E-state index contributed by atoms with van der Waals surface area (Å²) in [6.45, 7) is 3.03. The molecule has 5 aliphatic carbocycles. The molecule has 5 aliphatic rings. The van der Waals surface area contributed by atoms with Crippen LogP contribution in [0.2, 0.25) is 0 Å². The highest BCUT2D eigenvalue weighted by Gasteiger charge is 2.53. The van der Waals surface area contributed by atoms with Crippen LogP contribution in [0.25, 0.3) is 0 Å². The Hall–Kier alpha value is -1.82. The van der Waals surface area contributed by atoms with E-state index < -0.39 is 0 Å². The van der Waals surface area contributed by atoms with Gasteiger partial charge in [0.25, 0.3) is 0 Å². The molecule has 32 heavy (non-hydrogen) atoms. The highest BCUT2D eigenvalue weighted by molar-refractivity contribution is 7.99. The first-order valence-electron chi connectivity index (χ1n) is 12.5. The largest absolute Gasteiger partial charge is 0.352 e. The van der Waals surface area contributed by atoms with Crippen LogP contribution in [0.5, 0.6) is 0 Å². The summed E-state index contributed by atoms with van der Waals surface area (Å²) in [6, 6.07) is 10.7. The monoisotopic (exact) mass is 450 g/mol. The van der Waals surface area contributed by atoms with Gasteiger partial charge in [-0.1, -0.05) is 42.1 Å². The van der Waals surface area contributed by atoms with Crippen molar-refractivity contribution in [3.63, 3.8) is 0 Å². The van der Waals surface area contributed by atoms with E-state index in [-0.39, 0.29) is 11.9 Å². The lowest BCUT2D eigenvalue weighted by molar-refractivity contribution is -0.123. The normalized spacial score (nSPS) is 31.6. The van der Waals surface area contributed by atoms with Gasteiger partial charge < -0.3 is 9.88 Å². The van der Waals surface area contributed by atoms with E-state index >= 15 is 0 Å². The van der Waals surface area contributed by atoms with Gasteiger partial charge in [-0.25, -0.2) is 0 Å². The third-order valence-electron chi connectivity index (χ3n) is 8.59. The van der Waals surface area contributed by atoms with Gasteiger partial charge in [0, 0.05) is 12.0 Å². The van der Waals surface area contributed by atoms with E-state index in [9.17, 15) is 4.79 Å². The van der Waals surface area contributed by atoms with Crippen LogP contribution in [-0.2, 0) is 11.3 Å². The molecule has 1 atom stereocenters. The first-order valence-corrected chi connectivity index (χ1v) is 13.5. The van der Waals surface area contributed by atoms with Gasteiger partial charge in [-0.3, -0.25) is 4.79 Å². The maximum Gasteiger partial charge on any atom is 0.230 e. The fraction of sp³-hybridized carbons (Fsp3) is 0.654. The minimum Gasteiger partial charge on any atom is -0.352 e. The second kappa shape index (κ2) is 8.19. The summed E-state index contributed by atoms with van der Waals surface area (Å²) in [5.74, 6) is 4.89. The van der Waals surface area contributed by atoms with Crippen molar-refractivity contribution in [2.45, 2.75) is 82.0 Å². The lowest BCUT2D eigenvalue weighted by Gasteiger charge is -2.59. The van der Waals surface area contributed by atoms with Crippen molar-refractivity contribution in [3.05, 3.63) is 41.7 Å². The fourth-order valence-corrected chi connectivity index (χ4v) is 8.00. The summed E-state index contributed by atoms with van der Waals surface area (Å²) in [5.41, 5.74) is 1.60. The summed E-state index contributed by atoms with van der Waals surface area (Å²) in [4.78, 5) is 13.0. The summed E-state index contributed by atoms with van der Waals surface area (Å²) in [6.07, 6.45) is 10.7. The second-order valence-corrected chi connectivity index (χ2v) is 12.0. The number of rotatable bonds is 8. The lowest BCUT2D eigenvalue weighted by atomic mass is 9.48. The molecule has 1 heterocycles. The first kappa shape index (κ1) is 20.8. The van der Waals surface area contributed by atoms with Gasteiger partial charge in [-0.05, 0) is 87.0 Å². The Kier molecular flexibility index (Phi) is 5.32. The standard InChI is InChI=1S/C26H34N4OS/c1-17(26-12-19-9-20(13-26)11-21(10-19)14-26)27-23(31)16-32-25-29-28-24(22-7-8-22)30(25)15-18-5-3-2-4-6-18/h2-6,17,19-22H,7-16H2,1H3,(H,27,31). The van der Waals surface area contributed by atoms with Crippen molar-refractivity contribution in [1.29, 1.82) is 0 Å². The second-order valence-electron chi connectivity index (χ2n) is 11.0. The molecular weight excluding hydrogens is 416 g/mol. The summed E-state index contributed by atoms with van der Waals surface area (Å²) < 4.78 is 2.23. The molecule has 7 rings (SSSR count). The highest BCUT2D eigenvalue weighted by Crippen LogP contribution is 2.61. The Morgan fingerprint density at radius 2 is 1.75 bits per heavy atom. The van der Waals surface area contributed by atoms with Crippen molar-refractivity contribution in [2.75, 3.05) is 5.75 Å². The van der Waals surface area contributed by atoms with Crippen molar-refractivity contribution in [3.8, 4) is 0 Å². The van der Waals surface area contributed by atoms with Crippen LogP contribution >= 0.6 is 11.8 Å². The van der Waals surface area contributed by atoms with Gasteiger partial charge in [0.15, 0.2) is 5.16 Å². The number of benzene rings is 1. The van der Waals surface area contributed by atoms with Crippen LogP contribution in [0.3, 0.4) is 0 Å². The summed E-state index contributed by atoms with van der Waals surface area (Å²) in [5, 5.41) is 13.2. The molecule has 0 aliphatic heterocycles. The Balaban J connectivity index is 1.10. The minimum atomic E-state index is 0.139. The maximum absolute atomic E-state index is 13.0. The number of carbonyl (C=O) groups is 1. The van der Waals surface area contributed by atoms with E-state index in [0.29, 0.717) is 17.1 Å². The van der Waals surface area contributed by atoms with Crippen LogP contribution < -0.4 is 5.32 Å². The van der Waals surface area contributed by atoms with Crippen LogP contribution in [-0.4, -0.2) is 32.5 Å². The molecule has 1 amide bonds. The predicted molar refractivity (Wildman–Crippen MR) is 126 cm³/mol. The average molecular weight is 451 g/mol. The molecule has 6 heteroatoms. The fourth-order valence-electron chi connectivity index (χ4n) is 7.24. The first-order chi connectivity index (χ1) is 15.6. The molecule has 0 radical (unpaired) electrons. The van der Waals surface area contributed by atoms with Crippen LogP contribution in [0.4, 0.5) is 0 Å². The molecule has 2 aromatic rings. The molecule has 1 aromatic carbocycles. The van der Waals surface area contributed by atoms with Crippen LogP contribution in [0.1, 0.15) is 75.6 Å². The van der Waals surface area contributed by atoms with Gasteiger partial charge in [0.2, 0.25) is 5.91 Å². The SMILES string of the molecule is CC(NC(=O)CSc1nnc(C2CC2)n1Cc1ccccc1)C12CC3CC(CC(C3)C1)C2. The third kappa shape index (κ3) is 4.00. The number of hydrogen-bond donors (Lipinski definition) is 1. The molecule has 1 unspecified atom stereocenters. The molecule has 0 spiro atoms. The Bertz CT molecular complexity index is 948. The van der Waals surface area contributed by atoms with E-state index in [0.717, 1.165) is 35.3 Å². The number of hydrogen-bond acceptors (Lipinski definition) is 4. The molecule has 5 fully saturated rings. The quantitative estimate of drug-likeness (QED) is 0.574. The molecule has 0 saturated heterocycles. The van der Waals surface area contributed by atoms with Gasteiger partial charge in [-0.2, -0.15) is 0 Å². The maximum atomic E-state index is 13.0. The Morgan fingerprint density at radius 3 is 2.38 bits per heavy atom. The lowest BCUT2D eigenvalue weighted by Crippen LogP contribution is -2.56. The van der Waals surface area contributed by atoms with E-state index in [1.165, 1.54) is 68.7 Å². The van der Waals surface area contributed by atoms with Gasteiger partial charge >= 0.3 is 0 Å². The van der Waals surface area contributed by atoms with Crippen molar-refractivity contribution < 1.29 is 4.79 Å². The highest BCUT2D eigenvalue weighted by atomic mass is 32.2. The Morgan fingerprint density at radius 1 is 1.09 bits per heavy atom. The number of nitrogens with one attached hydrogen (secondary N) is 1. The van der Waals surface area contributed by atoms with E-state index in [1.807, 2.05) is 6.07 Å². The van der Waals surface area contributed by atoms with Crippen molar-refractivity contribution >= 4 is 17.7 Å². The minimum absolute atomic E-state index is 0.139. The van der Waals surface area contributed by atoms with Crippen LogP contribution in [0.15, 0.2) is 35.5 Å².